The first-order chi connectivity index (χ1) is 5.72. The van der Waals surface area contributed by atoms with Crippen LogP contribution in [-0.2, 0) is 4.74 Å². The van der Waals surface area contributed by atoms with Crippen molar-refractivity contribution in [1.82, 2.24) is 4.90 Å². The maximum atomic E-state index is 5.41. The topological polar surface area (TPSA) is 38.5 Å². The zero-order valence-electron chi connectivity index (χ0n) is 8.55. The van der Waals surface area contributed by atoms with Crippen molar-refractivity contribution in [2.45, 2.75) is 25.8 Å². The summed E-state index contributed by atoms with van der Waals surface area (Å²) in [6.07, 6.45) is 2.30. The Labute approximate surface area is 75.9 Å². The molecule has 0 amide bonds. The molecule has 0 aliphatic rings. The molecule has 0 saturated heterocycles. The van der Waals surface area contributed by atoms with Crippen molar-refractivity contribution in [2.75, 3.05) is 33.9 Å². The van der Waals surface area contributed by atoms with E-state index < -0.39 is 0 Å². The highest BCUT2D eigenvalue weighted by atomic mass is 16.5. The largest absolute Gasteiger partial charge is 0.383 e. The molecule has 1 unspecified atom stereocenters. The monoisotopic (exact) mass is 174 g/mol. The highest BCUT2D eigenvalue weighted by molar-refractivity contribution is 4.61. The van der Waals surface area contributed by atoms with Crippen LogP contribution in [0.25, 0.3) is 0 Å². The van der Waals surface area contributed by atoms with E-state index in [9.17, 15) is 0 Å². The van der Waals surface area contributed by atoms with Crippen LogP contribution in [0.2, 0.25) is 0 Å². The molecule has 0 radical (unpaired) electrons. The minimum atomic E-state index is 0.507. The highest BCUT2D eigenvalue weighted by Gasteiger charge is 2.06. The van der Waals surface area contributed by atoms with Crippen LogP contribution in [0, 0.1) is 0 Å². The van der Waals surface area contributed by atoms with Crippen molar-refractivity contribution in [3.05, 3.63) is 0 Å². The van der Waals surface area contributed by atoms with Gasteiger partial charge in [0.2, 0.25) is 0 Å². The van der Waals surface area contributed by atoms with Crippen LogP contribution in [0.4, 0.5) is 0 Å². The lowest BCUT2D eigenvalue weighted by atomic mass is 10.2. The van der Waals surface area contributed by atoms with Gasteiger partial charge in [0.25, 0.3) is 0 Å². The molecule has 0 rings (SSSR count). The number of ether oxygens (including phenoxy) is 1. The molecular weight excluding hydrogens is 152 g/mol. The fourth-order valence-electron chi connectivity index (χ4n) is 1.09. The number of methoxy groups -OCH3 is 1. The lowest BCUT2D eigenvalue weighted by molar-refractivity contribution is 0.114. The standard InChI is InChI=1S/C9H22N2O/c1-9(8-12-3)11(2)7-5-4-6-10/h9H,4-8,10H2,1-3H3. The Morgan fingerprint density at radius 3 is 2.58 bits per heavy atom. The number of unbranched alkanes of at least 4 members (excludes halogenated alkanes) is 1. The first kappa shape index (κ1) is 11.9. The summed E-state index contributed by atoms with van der Waals surface area (Å²) in [6, 6.07) is 0.507. The number of hydrogen-bond acceptors (Lipinski definition) is 3. The molecule has 0 saturated carbocycles. The van der Waals surface area contributed by atoms with E-state index in [4.69, 9.17) is 10.5 Å². The maximum absolute atomic E-state index is 5.41. The Kier molecular flexibility index (Phi) is 7.45. The molecule has 0 aliphatic carbocycles. The molecule has 0 aromatic heterocycles. The summed E-state index contributed by atoms with van der Waals surface area (Å²) in [4.78, 5) is 2.30. The molecule has 3 heteroatoms. The van der Waals surface area contributed by atoms with Gasteiger partial charge in [-0.2, -0.15) is 0 Å². The number of rotatable bonds is 7. The van der Waals surface area contributed by atoms with E-state index in [1.807, 2.05) is 0 Å². The molecular formula is C9H22N2O. The number of nitrogens with two attached hydrogens (primary N) is 1. The summed E-state index contributed by atoms with van der Waals surface area (Å²) >= 11 is 0. The third-order valence-corrected chi connectivity index (χ3v) is 2.13. The predicted molar refractivity (Wildman–Crippen MR) is 52.3 cm³/mol. The fraction of sp³-hybridized carbons (Fsp3) is 1.00. The summed E-state index contributed by atoms with van der Waals surface area (Å²) in [5.74, 6) is 0. The Hall–Kier alpha value is -0.120. The normalized spacial score (nSPS) is 13.8. The number of nitrogens with zero attached hydrogens (tertiary/aromatic N) is 1. The molecule has 0 heterocycles. The summed E-state index contributed by atoms with van der Waals surface area (Å²) < 4.78 is 5.06. The van der Waals surface area contributed by atoms with Crippen LogP contribution in [0.3, 0.4) is 0 Å². The van der Waals surface area contributed by atoms with E-state index in [1.54, 1.807) is 7.11 Å². The van der Waals surface area contributed by atoms with Crippen LogP contribution in [0.1, 0.15) is 19.8 Å². The van der Waals surface area contributed by atoms with Gasteiger partial charge in [0.05, 0.1) is 6.61 Å². The molecule has 74 valence electrons. The second-order valence-electron chi connectivity index (χ2n) is 3.28. The van der Waals surface area contributed by atoms with Crippen molar-refractivity contribution >= 4 is 0 Å². The molecule has 0 fully saturated rings. The van der Waals surface area contributed by atoms with E-state index in [0.29, 0.717) is 6.04 Å². The molecule has 1 atom stereocenters. The molecule has 0 aliphatic heterocycles. The summed E-state index contributed by atoms with van der Waals surface area (Å²) in [6.45, 7) is 4.89. The van der Waals surface area contributed by atoms with Gasteiger partial charge < -0.3 is 15.4 Å². The molecule has 0 aromatic carbocycles. The summed E-state index contributed by atoms with van der Waals surface area (Å²) in [5, 5.41) is 0. The van der Waals surface area contributed by atoms with Crippen LogP contribution in [0.15, 0.2) is 0 Å². The first-order valence-corrected chi connectivity index (χ1v) is 4.61. The number of hydrogen-bond donors (Lipinski definition) is 1. The van der Waals surface area contributed by atoms with Gasteiger partial charge >= 0.3 is 0 Å². The zero-order valence-corrected chi connectivity index (χ0v) is 8.55. The SMILES string of the molecule is COCC(C)N(C)CCCCN. The van der Waals surface area contributed by atoms with Gasteiger partial charge in [-0.1, -0.05) is 0 Å². The third-order valence-electron chi connectivity index (χ3n) is 2.13. The molecule has 3 nitrogen and oxygen atoms in total. The Balaban J connectivity index is 3.35. The minimum absolute atomic E-state index is 0.507. The first-order valence-electron chi connectivity index (χ1n) is 4.61. The van der Waals surface area contributed by atoms with Gasteiger partial charge in [0.1, 0.15) is 0 Å². The van der Waals surface area contributed by atoms with Gasteiger partial charge in [-0.15, -0.1) is 0 Å². The van der Waals surface area contributed by atoms with E-state index in [-0.39, 0.29) is 0 Å². The van der Waals surface area contributed by atoms with Gasteiger partial charge in [0.15, 0.2) is 0 Å². The van der Waals surface area contributed by atoms with Crippen molar-refractivity contribution in [1.29, 1.82) is 0 Å². The lowest BCUT2D eigenvalue weighted by Crippen LogP contribution is -2.33. The Bertz CT molecular complexity index is 98.5. The zero-order chi connectivity index (χ0) is 9.40. The Morgan fingerprint density at radius 1 is 1.42 bits per heavy atom. The quantitative estimate of drug-likeness (QED) is 0.577. The predicted octanol–water partition coefficient (Wildman–Crippen LogP) is 0.692. The second-order valence-corrected chi connectivity index (χ2v) is 3.28. The molecule has 12 heavy (non-hydrogen) atoms. The average Bonchev–Trinajstić information content (AvgIpc) is 2.05. The van der Waals surface area contributed by atoms with Crippen molar-refractivity contribution in [3.63, 3.8) is 0 Å². The smallest absolute Gasteiger partial charge is 0.0615 e. The van der Waals surface area contributed by atoms with E-state index in [1.165, 1.54) is 6.42 Å². The van der Waals surface area contributed by atoms with Crippen LogP contribution >= 0.6 is 0 Å². The van der Waals surface area contributed by atoms with Crippen molar-refractivity contribution in [2.24, 2.45) is 5.73 Å². The van der Waals surface area contributed by atoms with Gasteiger partial charge in [0, 0.05) is 13.2 Å². The van der Waals surface area contributed by atoms with E-state index in [2.05, 4.69) is 18.9 Å². The van der Waals surface area contributed by atoms with Gasteiger partial charge in [-0.05, 0) is 39.9 Å². The average molecular weight is 174 g/mol. The Morgan fingerprint density at radius 2 is 2.08 bits per heavy atom. The van der Waals surface area contributed by atoms with E-state index >= 15 is 0 Å². The maximum Gasteiger partial charge on any atom is 0.0615 e. The van der Waals surface area contributed by atoms with Gasteiger partial charge in [-0.25, -0.2) is 0 Å². The fourth-order valence-corrected chi connectivity index (χ4v) is 1.09. The number of likely N-dealkylation sites (N-methyl/N-ethyl adjacent to an activating group) is 1. The van der Waals surface area contributed by atoms with Crippen LogP contribution in [0.5, 0.6) is 0 Å². The highest BCUT2D eigenvalue weighted by Crippen LogP contribution is 1.98. The molecule has 0 spiro atoms. The molecule has 0 aromatic rings. The van der Waals surface area contributed by atoms with Crippen LogP contribution < -0.4 is 5.73 Å². The third kappa shape index (κ3) is 5.52. The summed E-state index contributed by atoms with van der Waals surface area (Å²) in [7, 11) is 3.87. The van der Waals surface area contributed by atoms with Gasteiger partial charge in [-0.3, -0.25) is 0 Å². The van der Waals surface area contributed by atoms with Crippen molar-refractivity contribution < 1.29 is 4.74 Å². The second kappa shape index (κ2) is 7.53. The summed E-state index contributed by atoms with van der Waals surface area (Å²) in [5.41, 5.74) is 5.41. The molecule has 0 bridgehead atoms. The molecule has 2 N–H and O–H groups in total. The van der Waals surface area contributed by atoms with E-state index in [0.717, 1.165) is 26.1 Å². The lowest BCUT2D eigenvalue weighted by Gasteiger charge is -2.23. The van der Waals surface area contributed by atoms with Crippen molar-refractivity contribution in [3.8, 4) is 0 Å². The van der Waals surface area contributed by atoms with Crippen LogP contribution in [-0.4, -0.2) is 44.8 Å². The minimum Gasteiger partial charge on any atom is -0.383 e.